The molecule has 0 heterocycles. The molecule has 60 valence electrons. The van der Waals surface area contributed by atoms with Crippen LogP contribution in [0.15, 0.2) is 0 Å². The van der Waals surface area contributed by atoms with Gasteiger partial charge in [-0.2, -0.15) is 0 Å². The average Bonchev–Trinajstić information content (AvgIpc) is 1.81. The van der Waals surface area contributed by atoms with Crippen LogP contribution in [0.3, 0.4) is 0 Å². The monoisotopic (exact) mass is 207 g/mol. The maximum absolute atomic E-state index is 10.5. The molecule has 0 aromatic rings. The van der Waals surface area contributed by atoms with Gasteiger partial charge in [-0.1, -0.05) is 0 Å². The first kappa shape index (κ1) is 9.97. The van der Waals surface area contributed by atoms with Crippen LogP contribution in [0.2, 0.25) is 22.5 Å². The van der Waals surface area contributed by atoms with Crippen molar-refractivity contribution in [3.63, 3.8) is 0 Å². The molecule has 0 radical (unpaired) electrons. The quantitative estimate of drug-likeness (QED) is 0.414. The van der Waals surface area contributed by atoms with Gasteiger partial charge in [0.1, 0.15) is 0 Å². The van der Waals surface area contributed by atoms with Gasteiger partial charge in [0.05, 0.1) is 0 Å². The molecule has 0 aliphatic rings. The van der Waals surface area contributed by atoms with Gasteiger partial charge in [0, 0.05) is 0 Å². The number of carbonyl (C=O) groups excluding carboxylic acids is 1. The summed E-state index contributed by atoms with van der Waals surface area (Å²) in [5.41, 5.74) is 1.63. The molecular formula is C6H15GeNO2. The number of hydrogen-bond donors (Lipinski definition) is 2. The van der Waals surface area contributed by atoms with Crippen molar-refractivity contribution in [2.75, 3.05) is 0 Å². The van der Waals surface area contributed by atoms with Crippen molar-refractivity contribution in [3.05, 3.63) is 0 Å². The Bertz CT molecular complexity index is 119. The molecule has 0 saturated carbocycles. The zero-order valence-electron chi connectivity index (χ0n) is 6.77. The van der Waals surface area contributed by atoms with Gasteiger partial charge in [-0.25, -0.2) is 0 Å². The fourth-order valence-corrected chi connectivity index (χ4v) is 2.59. The first-order valence-corrected chi connectivity index (χ1v) is 11.2. The van der Waals surface area contributed by atoms with E-state index in [1.54, 1.807) is 5.48 Å². The van der Waals surface area contributed by atoms with Crippen LogP contribution in [0, 0.1) is 0 Å². The number of nitrogens with one attached hydrogen (secondary N) is 1. The second-order valence-electron chi connectivity index (χ2n) is 3.60. The van der Waals surface area contributed by atoms with Crippen LogP contribution in [0.25, 0.3) is 0 Å². The molecule has 0 fully saturated rings. The molecule has 1 amide bonds. The maximum atomic E-state index is 10.5. The zero-order valence-corrected chi connectivity index (χ0v) is 8.87. The van der Waals surface area contributed by atoms with Crippen LogP contribution in [-0.4, -0.2) is 24.4 Å². The summed E-state index contributed by atoms with van der Waals surface area (Å²) < 4.78 is 0. The summed E-state index contributed by atoms with van der Waals surface area (Å²) >= 11 is -1.55. The standard InChI is InChI=1S/C6H15GeNO2/c1-7(2,3)5-4-6(9)8-10/h10H,4-5H2,1-3H3,(H,8,9). The summed E-state index contributed by atoms with van der Waals surface area (Å²) in [5, 5.41) is 9.13. The third-order valence-corrected chi connectivity index (χ3v) is 4.90. The van der Waals surface area contributed by atoms with E-state index in [9.17, 15) is 4.79 Å². The molecule has 0 aromatic carbocycles. The van der Waals surface area contributed by atoms with Gasteiger partial charge in [-0.3, -0.25) is 0 Å². The SMILES string of the molecule is [CH3][Ge]([CH3])([CH3])[CH2]CC(=O)NO. The molecule has 0 atom stereocenters. The average molecular weight is 206 g/mol. The molecule has 0 spiro atoms. The van der Waals surface area contributed by atoms with Crippen molar-refractivity contribution in [3.8, 4) is 0 Å². The molecule has 0 saturated heterocycles. The van der Waals surface area contributed by atoms with Gasteiger partial charge in [0.2, 0.25) is 0 Å². The van der Waals surface area contributed by atoms with Crippen molar-refractivity contribution >= 4 is 19.2 Å². The van der Waals surface area contributed by atoms with E-state index in [0.717, 1.165) is 5.25 Å². The predicted molar refractivity (Wildman–Crippen MR) is 42.7 cm³/mol. The molecule has 0 bridgehead atoms. The summed E-state index contributed by atoms with van der Waals surface area (Å²) in [5.74, 6) is 6.46. The van der Waals surface area contributed by atoms with Crippen molar-refractivity contribution < 1.29 is 10.0 Å². The summed E-state index contributed by atoms with van der Waals surface area (Å²) in [6.07, 6.45) is 0.472. The third-order valence-electron chi connectivity index (χ3n) is 1.23. The van der Waals surface area contributed by atoms with E-state index in [1.807, 2.05) is 0 Å². The molecule has 0 aromatic heterocycles. The van der Waals surface area contributed by atoms with Crippen molar-refractivity contribution in [2.24, 2.45) is 0 Å². The Morgan fingerprint density at radius 2 is 2.00 bits per heavy atom. The Balaban J connectivity index is 3.46. The summed E-state index contributed by atoms with van der Waals surface area (Å²) in [4.78, 5) is 10.5. The Hall–Kier alpha value is -0.0271. The minimum absolute atomic E-state index is 0.263. The van der Waals surface area contributed by atoms with Crippen LogP contribution < -0.4 is 5.48 Å². The van der Waals surface area contributed by atoms with Gasteiger partial charge in [-0.15, -0.1) is 0 Å². The van der Waals surface area contributed by atoms with E-state index in [0.29, 0.717) is 6.42 Å². The first-order chi connectivity index (χ1) is 4.45. The molecular weight excluding hydrogens is 191 g/mol. The number of hydrogen-bond acceptors (Lipinski definition) is 2. The topological polar surface area (TPSA) is 49.3 Å². The zero-order chi connectivity index (χ0) is 8.20. The molecule has 0 rings (SSSR count). The predicted octanol–water partition coefficient (Wildman–Crippen LogP) is 1.22. The van der Waals surface area contributed by atoms with Crippen LogP contribution in [0.1, 0.15) is 6.42 Å². The second kappa shape index (κ2) is 3.98. The molecule has 2 N–H and O–H groups in total. The fourth-order valence-electron chi connectivity index (χ4n) is 0.544. The van der Waals surface area contributed by atoms with E-state index < -0.39 is 13.3 Å². The summed E-state index contributed by atoms with van der Waals surface area (Å²) in [6, 6.07) is 0. The van der Waals surface area contributed by atoms with Crippen LogP contribution >= 0.6 is 0 Å². The minimum atomic E-state index is -1.55. The molecule has 4 heteroatoms. The van der Waals surface area contributed by atoms with Crippen molar-refractivity contribution in [1.29, 1.82) is 0 Å². The van der Waals surface area contributed by atoms with Gasteiger partial charge >= 0.3 is 63.6 Å². The van der Waals surface area contributed by atoms with Crippen LogP contribution in [0.4, 0.5) is 0 Å². The Labute approximate surface area is 64.1 Å². The van der Waals surface area contributed by atoms with E-state index >= 15 is 0 Å². The molecule has 0 unspecified atom stereocenters. The van der Waals surface area contributed by atoms with Crippen LogP contribution in [0.5, 0.6) is 0 Å². The second-order valence-corrected chi connectivity index (χ2v) is 15.4. The van der Waals surface area contributed by atoms with Gasteiger partial charge in [0.15, 0.2) is 0 Å². The number of carbonyl (C=O) groups is 1. The van der Waals surface area contributed by atoms with Gasteiger partial charge in [0.25, 0.3) is 0 Å². The van der Waals surface area contributed by atoms with E-state index in [-0.39, 0.29) is 5.91 Å². The Morgan fingerprint density at radius 1 is 1.50 bits per heavy atom. The summed E-state index contributed by atoms with van der Waals surface area (Å²) in [6.45, 7) is 0. The molecule has 0 aliphatic carbocycles. The Morgan fingerprint density at radius 3 is 2.30 bits per heavy atom. The van der Waals surface area contributed by atoms with Gasteiger partial charge in [-0.05, 0) is 0 Å². The van der Waals surface area contributed by atoms with Gasteiger partial charge < -0.3 is 0 Å². The van der Waals surface area contributed by atoms with E-state index in [4.69, 9.17) is 5.21 Å². The summed E-state index contributed by atoms with van der Waals surface area (Å²) in [7, 11) is 0. The number of amides is 1. The third kappa shape index (κ3) is 6.10. The number of hydroxylamine groups is 1. The van der Waals surface area contributed by atoms with E-state index in [2.05, 4.69) is 17.3 Å². The van der Waals surface area contributed by atoms with Crippen molar-refractivity contribution in [2.45, 2.75) is 28.9 Å². The Kier molecular flexibility index (Phi) is 3.97. The molecule has 0 aliphatic heterocycles. The van der Waals surface area contributed by atoms with E-state index in [1.165, 1.54) is 0 Å². The fraction of sp³-hybridized carbons (Fsp3) is 0.833. The normalized spacial score (nSPS) is 11.2. The van der Waals surface area contributed by atoms with Crippen LogP contribution in [-0.2, 0) is 4.79 Å². The molecule has 3 nitrogen and oxygen atoms in total. The molecule has 10 heavy (non-hydrogen) atoms. The number of rotatable bonds is 3. The first-order valence-electron chi connectivity index (χ1n) is 3.38. The van der Waals surface area contributed by atoms with Crippen molar-refractivity contribution in [1.82, 2.24) is 5.48 Å².